The van der Waals surface area contributed by atoms with Crippen molar-refractivity contribution in [1.29, 1.82) is 0 Å². The molecule has 98 valence electrons. The van der Waals surface area contributed by atoms with E-state index in [1.807, 2.05) is 20.8 Å². The Labute approximate surface area is 124 Å². The summed E-state index contributed by atoms with van der Waals surface area (Å²) in [5, 5.41) is 0.609. The third-order valence-corrected chi connectivity index (χ3v) is 3.89. The van der Waals surface area contributed by atoms with Crippen LogP contribution in [0.2, 0.25) is 10.4 Å². The molecule has 0 amide bonds. The fourth-order valence-electron chi connectivity index (χ4n) is 1.52. The minimum absolute atomic E-state index is 0.0634. The Balaban J connectivity index is 0.000000771. The van der Waals surface area contributed by atoms with Crippen molar-refractivity contribution in [2.24, 2.45) is 0 Å². The van der Waals surface area contributed by atoms with Crippen molar-refractivity contribution in [3.63, 3.8) is 0 Å². The van der Waals surface area contributed by atoms with Crippen molar-refractivity contribution < 1.29 is 4.39 Å². The van der Waals surface area contributed by atoms with Gasteiger partial charge in [-0.1, -0.05) is 25.4 Å². The Kier molecular flexibility index (Phi) is 5.32. The Morgan fingerprint density at radius 2 is 1.61 bits per heavy atom. The largest absolute Gasteiger partial charge is 0.224 e. The van der Waals surface area contributed by atoms with Gasteiger partial charge in [0.05, 0.1) is 4.47 Å². The molecule has 0 saturated carbocycles. The standard InChI is InChI=1S/C10H6BrCl2FN2.C2H6/c1-3-4(2)6(11)7(14)8-5(3)9(12)16-10(13)15-8;1-2/h1-2H3;1-2H3. The van der Waals surface area contributed by atoms with Crippen LogP contribution in [-0.4, -0.2) is 9.97 Å². The van der Waals surface area contributed by atoms with E-state index in [4.69, 9.17) is 23.2 Å². The van der Waals surface area contributed by atoms with Crippen LogP contribution in [-0.2, 0) is 0 Å². The fourth-order valence-corrected chi connectivity index (χ4v) is 2.53. The molecule has 0 radical (unpaired) electrons. The number of hydrogen-bond acceptors (Lipinski definition) is 2. The van der Waals surface area contributed by atoms with Gasteiger partial charge in [0.15, 0.2) is 5.82 Å². The fraction of sp³-hybridized carbons (Fsp3) is 0.333. The molecule has 0 atom stereocenters. The second kappa shape index (κ2) is 6.13. The van der Waals surface area contributed by atoms with Gasteiger partial charge in [0.1, 0.15) is 10.7 Å². The second-order valence-electron chi connectivity index (χ2n) is 3.39. The Morgan fingerprint density at radius 3 is 2.17 bits per heavy atom. The van der Waals surface area contributed by atoms with Crippen LogP contribution < -0.4 is 0 Å². The van der Waals surface area contributed by atoms with Crippen LogP contribution in [0.15, 0.2) is 4.47 Å². The van der Waals surface area contributed by atoms with E-state index in [2.05, 4.69) is 25.9 Å². The van der Waals surface area contributed by atoms with Crippen LogP contribution >= 0.6 is 39.1 Å². The molecule has 6 heteroatoms. The lowest BCUT2D eigenvalue weighted by Crippen LogP contribution is -1.97. The number of aromatic nitrogens is 2. The van der Waals surface area contributed by atoms with Crippen molar-refractivity contribution in [2.45, 2.75) is 27.7 Å². The highest BCUT2D eigenvalue weighted by atomic mass is 79.9. The summed E-state index contributed by atoms with van der Waals surface area (Å²) in [4.78, 5) is 7.68. The molecule has 2 nitrogen and oxygen atoms in total. The van der Waals surface area contributed by atoms with Crippen molar-refractivity contribution in [3.8, 4) is 0 Å². The predicted molar refractivity (Wildman–Crippen MR) is 78.0 cm³/mol. The number of fused-ring (bicyclic) bond motifs is 1. The van der Waals surface area contributed by atoms with Crippen molar-refractivity contribution >= 4 is 50.0 Å². The van der Waals surface area contributed by atoms with Crippen LogP contribution in [0.25, 0.3) is 10.9 Å². The number of rotatable bonds is 0. The lowest BCUT2D eigenvalue weighted by molar-refractivity contribution is 0.628. The van der Waals surface area contributed by atoms with Gasteiger partial charge in [-0.3, -0.25) is 0 Å². The minimum Gasteiger partial charge on any atom is -0.215 e. The molecule has 0 bridgehead atoms. The predicted octanol–water partition coefficient (Wildman–Crippen LogP) is 5.48. The normalized spacial score (nSPS) is 10.2. The van der Waals surface area contributed by atoms with Gasteiger partial charge in [-0.05, 0) is 52.5 Å². The zero-order chi connectivity index (χ0) is 14.0. The summed E-state index contributed by atoms with van der Waals surface area (Å²) >= 11 is 14.8. The van der Waals surface area contributed by atoms with E-state index >= 15 is 0 Å². The first kappa shape index (κ1) is 15.6. The van der Waals surface area contributed by atoms with Crippen LogP contribution in [0.1, 0.15) is 25.0 Å². The third-order valence-electron chi connectivity index (χ3n) is 2.50. The number of nitrogens with zero attached hydrogens (tertiary/aromatic N) is 2. The highest BCUT2D eigenvalue weighted by Gasteiger charge is 2.17. The first-order chi connectivity index (χ1) is 8.43. The lowest BCUT2D eigenvalue weighted by Gasteiger charge is -2.10. The van der Waals surface area contributed by atoms with E-state index in [9.17, 15) is 4.39 Å². The molecule has 0 aliphatic rings. The number of benzene rings is 1. The van der Waals surface area contributed by atoms with E-state index < -0.39 is 5.82 Å². The van der Waals surface area contributed by atoms with Crippen LogP contribution in [0.3, 0.4) is 0 Å². The second-order valence-corrected chi connectivity index (χ2v) is 4.87. The average molecular weight is 354 g/mol. The quantitative estimate of drug-likeness (QED) is 0.462. The van der Waals surface area contributed by atoms with E-state index in [-0.39, 0.29) is 16.0 Å². The van der Waals surface area contributed by atoms with Crippen molar-refractivity contribution in [3.05, 3.63) is 31.9 Å². The third kappa shape index (κ3) is 2.60. The minimum atomic E-state index is -0.468. The van der Waals surface area contributed by atoms with Gasteiger partial charge >= 0.3 is 0 Å². The summed E-state index contributed by atoms with van der Waals surface area (Å²) in [6.45, 7) is 7.64. The maximum atomic E-state index is 13.9. The molecule has 1 aromatic carbocycles. The zero-order valence-electron chi connectivity index (χ0n) is 10.4. The number of halogens is 4. The Morgan fingerprint density at radius 1 is 1.06 bits per heavy atom. The van der Waals surface area contributed by atoms with E-state index in [1.54, 1.807) is 6.92 Å². The van der Waals surface area contributed by atoms with Gasteiger partial charge in [-0.2, -0.15) is 0 Å². The summed E-state index contributed by atoms with van der Waals surface area (Å²) in [5.41, 5.74) is 1.75. The molecule has 0 aliphatic heterocycles. The lowest BCUT2D eigenvalue weighted by atomic mass is 10.1. The molecule has 0 aliphatic carbocycles. The maximum Gasteiger partial charge on any atom is 0.224 e. The van der Waals surface area contributed by atoms with Gasteiger partial charge in [-0.25, -0.2) is 14.4 Å². The molecular weight excluding hydrogens is 342 g/mol. The first-order valence-electron chi connectivity index (χ1n) is 5.40. The highest BCUT2D eigenvalue weighted by molar-refractivity contribution is 9.10. The van der Waals surface area contributed by atoms with Crippen molar-refractivity contribution in [2.75, 3.05) is 0 Å². The molecule has 0 spiro atoms. The summed E-state index contributed by atoms with van der Waals surface area (Å²) in [6.07, 6.45) is 0. The highest BCUT2D eigenvalue weighted by Crippen LogP contribution is 2.34. The molecule has 0 unspecified atom stereocenters. The Hall–Kier alpha value is -0.450. The molecule has 0 fully saturated rings. The molecule has 2 aromatic rings. The van der Waals surface area contributed by atoms with E-state index in [0.717, 1.165) is 11.1 Å². The maximum absolute atomic E-state index is 13.9. The van der Waals surface area contributed by atoms with E-state index in [0.29, 0.717) is 9.86 Å². The smallest absolute Gasteiger partial charge is 0.215 e. The topological polar surface area (TPSA) is 25.8 Å². The van der Waals surface area contributed by atoms with Crippen molar-refractivity contribution in [1.82, 2.24) is 9.97 Å². The van der Waals surface area contributed by atoms with Crippen LogP contribution in [0.5, 0.6) is 0 Å². The summed E-state index contributed by atoms with van der Waals surface area (Å²) in [7, 11) is 0. The molecular formula is C12H12BrCl2FN2. The average Bonchev–Trinajstić information content (AvgIpc) is 2.35. The number of hydrogen-bond donors (Lipinski definition) is 0. The van der Waals surface area contributed by atoms with Gasteiger partial charge in [-0.15, -0.1) is 0 Å². The molecule has 18 heavy (non-hydrogen) atoms. The summed E-state index contributed by atoms with van der Waals surface area (Å²) in [6, 6.07) is 0. The Bertz CT molecular complexity index is 603. The molecule has 0 N–H and O–H groups in total. The molecule has 1 aromatic heterocycles. The van der Waals surface area contributed by atoms with Gasteiger partial charge in [0, 0.05) is 5.39 Å². The van der Waals surface area contributed by atoms with Gasteiger partial charge < -0.3 is 0 Å². The van der Waals surface area contributed by atoms with E-state index in [1.165, 1.54) is 0 Å². The molecule has 0 saturated heterocycles. The van der Waals surface area contributed by atoms with Crippen LogP contribution in [0, 0.1) is 19.7 Å². The van der Waals surface area contributed by atoms with Crippen LogP contribution in [0.4, 0.5) is 4.39 Å². The molecule has 1 heterocycles. The monoisotopic (exact) mass is 352 g/mol. The summed E-state index contributed by atoms with van der Waals surface area (Å²) < 4.78 is 14.3. The summed E-state index contributed by atoms with van der Waals surface area (Å²) in [5.74, 6) is -0.468. The van der Waals surface area contributed by atoms with Gasteiger partial charge in [0.25, 0.3) is 0 Å². The van der Waals surface area contributed by atoms with Gasteiger partial charge in [0.2, 0.25) is 5.28 Å². The SMILES string of the molecule is CC.Cc1c(Br)c(F)c2nc(Cl)nc(Cl)c2c1C. The zero-order valence-corrected chi connectivity index (χ0v) is 13.5. The first-order valence-corrected chi connectivity index (χ1v) is 6.95. The number of aryl methyl sites for hydroxylation is 1. The molecule has 2 rings (SSSR count).